The second-order valence-corrected chi connectivity index (χ2v) is 8.86. The molecule has 1 aromatic heterocycles. The van der Waals surface area contributed by atoms with Crippen LogP contribution in [0, 0.1) is 0 Å². The molecule has 25 heavy (non-hydrogen) atoms. The minimum atomic E-state index is -3.38. The molecular formula is C18H20N4O2S. The van der Waals surface area contributed by atoms with Crippen molar-refractivity contribution in [2.24, 2.45) is 0 Å². The Morgan fingerprint density at radius 2 is 2.12 bits per heavy atom. The standard InChI is InChI=1S/C18H20N4O2S/c1-11-7-8-22(11)18-20-15-4-2-3-14(15)17(21-18)12-5-6-13-10-19-25(23,24)16(13)9-12/h5-6,9,11,19H,2-4,7-8,10H2,1H3/t11-/m0/s1. The molecule has 5 rings (SSSR count). The van der Waals surface area contributed by atoms with Crippen LogP contribution >= 0.6 is 0 Å². The minimum absolute atomic E-state index is 0.371. The number of benzene rings is 1. The maximum atomic E-state index is 12.2. The van der Waals surface area contributed by atoms with Crippen molar-refractivity contribution >= 4 is 16.0 Å². The number of aromatic nitrogens is 2. The zero-order valence-corrected chi connectivity index (χ0v) is 14.9. The Morgan fingerprint density at radius 3 is 2.88 bits per heavy atom. The van der Waals surface area contributed by atoms with Crippen molar-refractivity contribution < 1.29 is 8.42 Å². The van der Waals surface area contributed by atoms with Crippen LogP contribution in [0.15, 0.2) is 23.1 Å². The molecule has 0 radical (unpaired) electrons. The maximum absolute atomic E-state index is 12.2. The Morgan fingerprint density at radius 1 is 1.24 bits per heavy atom. The number of aryl methyl sites for hydroxylation is 1. The van der Waals surface area contributed by atoms with Crippen LogP contribution in [-0.2, 0) is 29.4 Å². The zero-order chi connectivity index (χ0) is 17.2. The summed E-state index contributed by atoms with van der Waals surface area (Å²) in [6.45, 7) is 3.55. The van der Waals surface area contributed by atoms with Gasteiger partial charge in [0.2, 0.25) is 16.0 Å². The molecule has 1 N–H and O–H groups in total. The summed E-state index contributed by atoms with van der Waals surface area (Å²) in [4.78, 5) is 12.3. The van der Waals surface area contributed by atoms with E-state index in [1.165, 1.54) is 12.0 Å². The molecule has 1 atom stereocenters. The molecule has 1 aromatic carbocycles. The fourth-order valence-electron chi connectivity index (χ4n) is 3.95. The van der Waals surface area contributed by atoms with Gasteiger partial charge in [0.25, 0.3) is 0 Å². The highest BCUT2D eigenvalue weighted by Gasteiger charge is 2.30. The quantitative estimate of drug-likeness (QED) is 0.891. The Hall–Kier alpha value is -1.99. The molecule has 0 saturated carbocycles. The van der Waals surface area contributed by atoms with E-state index in [1.54, 1.807) is 6.07 Å². The summed E-state index contributed by atoms with van der Waals surface area (Å²) in [5.41, 5.74) is 4.91. The number of nitrogens with zero attached hydrogens (tertiary/aromatic N) is 3. The fourth-order valence-corrected chi connectivity index (χ4v) is 5.22. The van der Waals surface area contributed by atoms with Crippen molar-refractivity contribution in [1.29, 1.82) is 0 Å². The van der Waals surface area contributed by atoms with Crippen molar-refractivity contribution in [3.63, 3.8) is 0 Å². The lowest BCUT2D eigenvalue weighted by Gasteiger charge is -2.39. The second-order valence-electron chi connectivity index (χ2n) is 7.13. The lowest BCUT2D eigenvalue weighted by Crippen LogP contribution is -2.46. The molecule has 2 aliphatic heterocycles. The molecule has 0 bridgehead atoms. The summed E-state index contributed by atoms with van der Waals surface area (Å²) in [6, 6.07) is 6.13. The van der Waals surface area contributed by atoms with Crippen LogP contribution in [0.3, 0.4) is 0 Å². The van der Waals surface area contributed by atoms with E-state index in [2.05, 4.69) is 16.5 Å². The van der Waals surface area contributed by atoms with Gasteiger partial charge in [-0.2, -0.15) is 0 Å². The molecule has 3 heterocycles. The average molecular weight is 356 g/mol. The largest absolute Gasteiger partial charge is 0.338 e. The molecule has 0 amide bonds. The van der Waals surface area contributed by atoms with Gasteiger partial charge in [-0.15, -0.1) is 0 Å². The first-order valence-electron chi connectivity index (χ1n) is 8.82. The van der Waals surface area contributed by atoms with Crippen molar-refractivity contribution in [2.75, 3.05) is 11.4 Å². The van der Waals surface area contributed by atoms with E-state index in [9.17, 15) is 8.42 Å². The molecule has 2 aromatic rings. The van der Waals surface area contributed by atoms with E-state index in [1.807, 2.05) is 12.1 Å². The van der Waals surface area contributed by atoms with E-state index in [-0.39, 0.29) is 0 Å². The number of hydrogen-bond donors (Lipinski definition) is 1. The summed E-state index contributed by atoms with van der Waals surface area (Å²) < 4.78 is 27.0. The minimum Gasteiger partial charge on any atom is -0.338 e. The highest BCUT2D eigenvalue weighted by Crippen LogP contribution is 2.35. The summed E-state index contributed by atoms with van der Waals surface area (Å²) in [5.74, 6) is 0.788. The highest BCUT2D eigenvalue weighted by atomic mass is 32.2. The Balaban J connectivity index is 1.67. The SMILES string of the molecule is C[C@H]1CCN1c1nc2c(c(-c3ccc4c(c3)S(=O)(=O)NC4)n1)CCC2. The van der Waals surface area contributed by atoms with Gasteiger partial charge in [0.1, 0.15) is 0 Å². The van der Waals surface area contributed by atoms with Crippen LogP contribution in [0.25, 0.3) is 11.3 Å². The summed E-state index contributed by atoms with van der Waals surface area (Å²) in [6.07, 6.45) is 4.19. The van der Waals surface area contributed by atoms with Gasteiger partial charge in [0.15, 0.2) is 0 Å². The van der Waals surface area contributed by atoms with Crippen LogP contribution in [0.5, 0.6) is 0 Å². The first-order valence-corrected chi connectivity index (χ1v) is 10.3. The number of fused-ring (bicyclic) bond motifs is 2. The molecule has 0 spiro atoms. The second kappa shape index (κ2) is 5.25. The van der Waals surface area contributed by atoms with Gasteiger partial charge in [-0.05, 0) is 44.2 Å². The molecule has 3 aliphatic rings. The van der Waals surface area contributed by atoms with Gasteiger partial charge in [0, 0.05) is 36.0 Å². The third-order valence-corrected chi connectivity index (χ3v) is 7.06. The van der Waals surface area contributed by atoms with Gasteiger partial charge >= 0.3 is 0 Å². The molecule has 1 aliphatic carbocycles. The van der Waals surface area contributed by atoms with Gasteiger partial charge in [-0.3, -0.25) is 0 Å². The highest BCUT2D eigenvalue weighted by molar-refractivity contribution is 7.89. The third-order valence-electron chi connectivity index (χ3n) is 5.58. The normalized spacial score (nSPS) is 23.2. The Labute approximate surface area is 147 Å². The van der Waals surface area contributed by atoms with Crippen LogP contribution < -0.4 is 9.62 Å². The smallest absolute Gasteiger partial charge is 0.241 e. The van der Waals surface area contributed by atoms with E-state index < -0.39 is 10.0 Å². The molecule has 0 unspecified atom stereocenters. The topological polar surface area (TPSA) is 75.2 Å². The predicted octanol–water partition coefficient (Wildman–Crippen LogP) is 2.02. The van der Waals surface area contributed by atoms with Gasteiger partial charge in [0.05, 0.1) is 10.6 Å². The summed E-state index contributed by atoms with van der Waals surface area (Å²) in [7, 11) is -3.38. The van der Waals surface area contributed by atoms with Crippen LogP contribution in [0.4, 0.5) is 5.95 Å². The lowest BCUT2D eigenvalue weighted by molar-refractivity contribution is 0.470. The molecule has 6 nitrogen and oxygen atoms in total. The van der Waals surface area contributed by atoms with Crippen LogP contribution in [0.2, 0.25) is 0 Å². The van der Waals surface area contributed by atoms with Crippen molar-refractivity contribution in [2.45, 2.75) is 50.1 Å². The number of nitrogens with one attached hydrogen (secondary N) is 1. The van der Waals surface area contributed by atoms with Crippen molar-refractivity contribution in [3.05, 3.63) is 35.0 Å². The monoisotopic (exact) mass is 356 g/mol. The summed E-state index contributed by atoms with van der Waals surface area (Å²) >= 11 is 0. The van der Waals surface area contributed by atoms with Crippen LogP contribution in [-0.4, -0.2) is 31.0 Å². The van der Waals surface area contributed by atoms with E-state index in [0.717, 1.165) is 54.3 Å². The zero-order valence-electron chi connectivity index (χ0n) is 14.1. The molecule has 1 saturated heterocycles. The van der Waals surface area contributed by atoms with Crippen molar-refractivity contribution in [3.8, 4) is 11.3 Å². The van der Waals surface area contributed by atoms with E-state index in [0.29, 0.717) is 17.5 Å². The Bertz CT molecular complexity index is 987. The molecule has 130 valence electrons. The van der Waals surface area contributed by atoms with E-state index in [4.69, 9.17) is 9.97 Å². The van der Waals surface area contributed by atoms with E-state index >= 15 is 0 Å². The average Bonchev–Trinajstić information content (AvgIpc) is 3.17. The number of rotatable bonds is 2. The number of hydrogen-bond acceptors (Lipinski definition) is 5. The maximum Gasteiger partial charge on any atom is 0.241 e. The Kier molecular flexibility index (Phi) is 3.21. The predicted molar refractivity (Wildman–Crippen MR) is 94.9 cm³/mol. The lowest BCUT2D eigenvalue weighted by atomic mass is 10.0. The van der Waals surface area contributed by atoms with Crippen molar-refractivity contribution in [1.82, 2.24) is 14.7 Å². The summed E-state index contributed by atoms with van der Waals surface area (Å²) in [5, 5.41) is 0. The van der Waals surface area contributed by atoms with Gasteiger partial charge < -0.3 is 4.90 Å². The molecule has 1 fully saturated rings. The third kappa shape index (κ3) is 2.29. The fraction of sp³-hybridized carbons (Fsp3) is 0.444. The number of anilines is 1. The van der Waals surface area contributed by atoms with Gasteiger partial charge in [-0.25, -0.2) is 23.1 Å². The molecular weight excluding hydrogens is 336 g/mol. The molecule has 7 heteroatoms. The number of sulfonamides is 1. The first kappa shape index (κ1) is 15.3. The van der Waals surface area contributed by atoms with Gasteiger partial charge in [-0.1, -0.05) is 12.1 Å². The first-order chi connectivity index (χ1) is 12.0. The van der Waals surface area contributed by atoms with Crippen LogP contribution in [0.1, 0.15) is 36.6 Å².